The van der Waals surface area contributed by atoms with Crippen LogP contribution in [0.5, 0.6) is 0 Å². The van der Waals surface area contributed by atoms with E-state index in [0.29, 0.717) is 30.7 Å². The Hall–Kier alpha value is -0.570. The maximum atomic E-state index is 12.0. The van der Waals surface area contributed by atoms with Gasteiger partial charge in [0.15, 0.2) is 0 Å². The summed E-state index contributed by atoms with van der Waals surface area (Å²) >= 11 is 0. The Balaban J connectivity index is 2.26. The van der Waals surface area contributed by atoms with Crippen LogP contribution in [0.2, 0.25) is 0 Å². The Labute approximate surface area is 118 Å². The fraction of sp³-hybridized carbons (Fsp3) is 0.938. The van der Waals surface area contributed by atoms with Crippen LogP contribution in [-0.2, 0) is 4.79 Å². The van der Waals surface area contributed by atoms with E-state index in [1.807, 2.05) is 0 Å². The zero-order valence-electron chi connectivity index (χ0n) is 13.0. The minimum Gasteiger partial charge on any atom is -0.356 e. The van der Waals surface area contributed by atoms with E-state index in [1.54, 1.807) is 0 Å². The number of carbonyl (C=O) groups excluding carboxylic acids is 1. The monoisotopic (exact) mass is 268 g/mol. The van der Waals surface area contributed by atoms with Gasteiger partial charge in [-0.3, -0.25) is 4.79 Å². The van der Waals surface area contributed by atoms with Crippen molar-refractivity contribution >= 4 is 5.91 Å². The molecule has 1 fully saturated rings. The Kier molecular flexibility index (Phi) is 7.44. The lowest BCUT2D eigenvalue weighted by Gasteiger charge is -2.29. The highest BCUT2D eigenvalue weighted by molar-refractivity contribution is 5.76. The lowest BCUT2D eigenvalue weighted by Crippen LogP contribution is -2.35. The molecule has 0 radical (unpaired) electrons. The third kappa shape index (κ3) is 6.42. The van der Waals surface area contributed by atoms with Crippen LogP contribution in [0, 0.1) is 23.7 Å². The van der Waals surface area contributed by atoms with Crippen LogP contribution in [0.25, 0.3) is 0 Å². The second-order valence-corrected chi connectivity index (χ2v) is 6.76. The van der Waals surface area contributed by atoms with E-state index in [1.165, 1.54) is 25.7 Å². The van der Waals surface area contributed by atoms with Gasteiger partial charge in [-0.15, -0.1) is 0 Å². The van der Waals surface area contributed by atoms with E-state index >= 15 is 0 Å². The molecule has 1 saturated carbocycles. The van der Waals surface area contributed by atoms with Gasteiger partial charge in [0.25, 0.3) is 0 Å². The third-order valence-corrected chi connectivity index (χ3v) is 4.46. The molecule has 0 aliphatic heterocycles. The van der Waals surface area contributed by atoms with Gasteiger partial charge >= 0.3 is 0 Å². The molecule has 0 aromatic heterocycles. The van der Waals surface area contributed by atoms with Crippen molar-refractivity contribution < 1.29 is 4.79 Å². The average molecular weight is 268 g/mol. The number of rotatable bonds is 7. The highest BCUT2D eigenvalue weighted by Crippen LogP contribution is 2.28. The van der Waals surface area contributed by atoms with Crippen molar-refractivity contribution in [3.8, 4) is 0 Å². The molecule has 0 spiro atoms. The fourth-order valence-corrected chi connectivity index (χ4v) is 3.21. The molecule has 0 bridgehead atoms. The van der Waals surface area contributed by atoms with Crippen LogP contribution in [0.1, 0.15) is 59.3 Å². The maximum Gasteiger partial charge on any atom is 0.220 e. The average Bonchev–Trinajstić information content (AvgIpc) is 2.36. The normalized spacial score (nSPS) is 25.3. The predicted octanol–water partition coefficient (Wildman–Crippen LogP) is 2.94. The van der Waals surface area contributed by atoms with Gasteiger partial charge < -0.3 is 11.1 Å². The van der Waals surface area contributed by atoms with E-state index in [-0.39, 0.29) is 5.91 Å². The van der Waals surface area contributed by atoms with Crippen LogP contribution in [-0.4, -0.2) is 19.0 Å². The molecule has 0 aromatic carbocycles. The largest absolute Gasteiger partial charge is 0.356 e. The van der Waals surface area contributed by atoms with Gasteiger partial charge in [-0.1, -0.05) is 40.0 Å². The number of nitrogens with two attached hydrogens (primary N) is 1. The fourth-order valence-electron chi connectivity index (χ4n) is 3.21. The zero-order valence-corrected chi connectivity index (χ0v) is 13.0. The molecular formula is C16H32N2O. The summed E-state index contributed by atoms with van der Waals surface area (Å²) in [4.78, 5) is 12.0. The molecule has 3 atom stereocenters. The number of hydrogen-bond acceptors (Lipinski definition) is 2. The topological polar surface area (TPSA) is 55.1 Å². The van der Waals surface area contributed by atoms with Gasteiger partial charge in [0.05, 0.1) is 0 Å². The molecular weight excluding hydrogens is 236 g/mol. The van der Waals surface area contributed by atoms with Crippen molar-refractivity contribution in [2.24, 2.45) is 29.4 Å². The molecule has 0 saturated heterocycles. The van der Waals surface area contributed by atoms with Crippen molar-refractivity contribution in [3.63, 3.8) is 0 Å². The summed E-state index contributed by atoms with van der Waals surface area (Å²) in [5.41, 5.74) is 5.75. The van der Waals surface area contributed by atoms with Crippen molar-refractivity contribution in [3.05, 3.63) is 0 Å². The summed E-state index contributed by atoms with van der Waals surface area (Å²) in [6.45, 7) is 8.16. The van der Waals surface area contributed by atoms with E-state index in [2.05, 4.69) is 26.1 Å². The molecule has 3 nitrogen and oxygen atoms in total. The number of nitrogens with one attached hydrogen (secondary N) is 1. The summed E-state index contributed by atoms with van der Waals surface area (Å²) < 4.78 is 0. The standard InChI is InChI=1S/C16H32N2O/c1-12(2)8-14(10-17)9-16(19)18-11-15-7-5-4-6-13(15)3/h12-15H,4-11,17H2,1-3H3,(H,18,19). The van der Waals surface area contributed by atoms with Crippen LogP contribution < -0.4 is 11.1 Å². The molecule has 1 amide bonds. The first-order chi connectivity index (χ1) is 9.02. The molecule has 19 heavy (non-hydrogen) atoms. The number of hydrogen-bond donors (Lipinski definition) is 2. The first-order valence-electron chi connectivity index (χ1n) is 7.99. The first kappa shape index (κ1) is 16.5. The summed E-state index contributed by atoms with van der Waals surface area (Å²) in [5.74, 6) is 2.58. The van der Waals surface area contributed by atoms with Gasteiger partial charge in [-0.05, 0) is 43.1 Å². The highest BCUT2D eigenvalue weighted by Gasteiger charge is 2.22. The number of carbonyl (C=O) groups is 1. The van der Waals surface area contributed by atoms with Gasteiger partial charge in [0.1, 0.15) is 0 Å². The van der Waals surface area contributed by atoms with Crippen molar-refractivity contribution in [2.45, 2.75) is 59.3 Å². The minimum atomic E-state index is 0.189. The molecule has 3 heteroatoms. The van der Waals surface area contributed by atoms with Crippen LogP contribution in [0.3, 0.4) is 0 Å². The van der Waals surface area contributed by atoms with Gasteiger partial charge in [-0.25, -0.2) is 0 Å². The maximum absolute atomic E-state index is 12.0. The minimum absolute atomic E-state index is 0.189. The molecule has 0 heterocycles. The zero-order chi connectivity index (χ0) is 14.3. The second-order valence-electron chi connectivity index (χ2n) is 6.76. The van der Waals surface area contributed by atoms with Crippen molar-refractivity contribution in [1.82, 2.24) is 5.32 Å². The molecule has 3 unspecified atom stereocenters. The van der Waals surface area contributed by atoms with Gasteiger partial charge in [-0.2, -0.15) is 0 Å². The lowest BCUT2D eigenvalue weighted by atomic mass is 9.80. The Bertz CT molecular complexity index is 265. The van der Waals surface area contributed by atoms with E-state index in [0.717, 1.165) is 18.9 Å². The Morgan fingerprint density at radius 2 is 2.00 bits per heavy atom. The van der Waals surface area contributed by atoms with Gasteiger partial charge in [0.2, 0.25) is 5.91 Å². The van der Waals surface area contributed by atoms with E-state index in [9.17, 15) is 4.79 Å². The summed E-state index contributed by atoms with van der Waals surface area (Å²) in [7, 11) is 0. The summed E-state index contributed by atoms with van der Waals surface area (Å²) in [5, 5.41) is 3.13. The molecule has 3 N–H and O–H groups in total. The Morgan fingerprint density at radius 3 is 2.58 bits per heavy atom. The molecule has 1 rings (SSSR count). The molecule has 0 aromatic rings. The van der Waals surface area contributed by atoms with E-state index in [4.69, 9.17) is 5.73 Å². The van der Waals surface area contributed by atoms with Crippen LogP contribution in [0.15, 0.2) is 0 Å². The third-order valence-electron chi connectivity index (χ3n) is 4.46. The second kappa shape index (κ2) is 8.57. The smallest absolute Gasteiger partial charge is 0.220 e. The first-order valence-corrected chi connectivity index (χ1v) is 7.99. The predicted molar refractivity (Wildman–Crippen MR) is 80.7 cm³/mol. The summed E-state index contributed by atoms with van der Waals surface area (Å²) in [6, 6.07) is 0. The lowest BCUT2D eigenvalue weighted by molar-refractivity contribution is -0.122. The molecule has 1 aliphatic carbocycles. The molecule has 1 aliphatic rings. The molecule has 112 valence electrons. The van der Waals surface area contributed by atoms with Crippen LogP contribution in [0.4, 0.5) is 0 Å². The summed E-state index contributed by atoms with van der Waals surface area (Å²) in [6.07, 6.45) is 6.91. The highest BCUT2D eigenvalue weighted by atomic mass is 16.1. The van der Waals surface area contributed by atoms with E-state index < -0.39 is 0 Å². The Morgan fingerprint density at radius 1 is 1.32 bits per heavy atom. The van der Waals surface area contributed by atoms with Gasteiger partial charge in [0, 0.05) is 13.0 Å². The SMILES string of the molecule is CC(C)CC(CN)CC(=O)NCC1CCCCC1C. The van der Waals surface area contributed by atoms with Crippen molar-refractivity contribution in [1.29, 1.82) is 0 Å². The number of amides is 1. The van der Waals surface area contributed by atoms with Crippen LogP contribution >= 0.6 is 0 Å². The quantitative estimate of drug-likeness (QED) is 0.746. The van der Waals surface area contributed by atoms with Crippen molar-refractivity contribution in [2.75, 3.05) is 13.1 Å².